The van der Waals surface area contributed by atoms with Crippen molar-refractivity contribution in [1.29, 1.82) is 5.26 Å². The van der Waals surface area contributed by atoms with E-state index < -0.39 is 0 Å². The smallest absolute Gasteiger partial charge is 0.237 e. The number of para-hydroxylation sites is 1. The Balaban J connectivity index is 1.62. The van der Waals surface area contributed by atoms with Gasteiger partial charge < -0.3 is 10.2 Å². The molecule has 1 heterocycles. The fraction of sp³-hybridized carbons (Fsp3) is 0.238. The van der Waals surface area contributed by atoms with Crippen molar-refractivity contribution in [2.75, 3.05) is 22.5 Å². The van der Waals surface area contributed by atoms with Gasteiger partial charge in [0.05, 0.1) is 18.2 Å². The summed E-state index contributed by atoms with van der Waals surface area (Å²) in [5.74, 6) is 0.175. The van der Waals surface area contributed by atoms with Crippen LogP contribution in [0.5, 0.6) is 0 Å². The van der Waals surface area contributed by atoms with E-state index in [0.29, 0.717) is 11.7 Å². The van der Waals surface area contributed by atoms with Gasteiger partial charge in [0, 0.05) is 17.9 Å². The van der Waals surface area contributed by atoms with Gasteiger partial charge in [0.1, 0.15) is 0 Å². The lowest BCUT2D eigenvalue weighted by atomic mass is 10.1. The maximum atomic E-state index is 12.7. The Morgan fingerprint density at radius 3 is 2.72 bits per heavy atom. The number of benzene rings is 2. The van der Waals surface area contributed by atoms with Crippen molar-refractivity contribution >= 4 is 45.5 Å². The van der Waals surface area contributed by atoms with Crippen LogP contribution in [0.25, 0.3) is 0 Å². The van der Waals surface area contributed by atoms with E-state index >= 15 is 0 Å². The third-order valence-electron chi connectivity index (χ3n) is 4.39. The molecule has 0 aliphatic heterocycles. The molecule has 3 rings (SSSR count). The van der Waals surface area contributed by atoms with Crippen LogP contribution < -0.4 is 10.2 Å². The number of hydrogen-bond donors (Lipinski definition) is 1. The molecule has 8 heteroatoms. The molecular formula is C21H21N5OS2. The number of nitriles is 1. The van der Waals surface area contributed by atoms with Crippen molar-refractivity contribution in [2.45, 2.75) is 24.6 Å². The van der Waals surface area contributed by atoms with Crippen molar-refractivity contribution in [3.8, 4) is 6.07 Å². The number of rotatable bonds is 8. The van der Waals surface area contributed by atoms with E-state index in [2.05, 4.69) is 41.5 Å². The maximum Gasteiger partial charge on any atom is 0.237 e. The van der Waals surface area contributed by atoms with Crippen LogP contribution in [0.1, 0.15) is 17.5 Å². The lowest BCUT2D eigenvalue weighted by molar-refractivity contribution is -0.116. The van der Waals surface area contributed by atoms with Crippen molar-refractivity contribution in [2.24, 2.45) is 0 Å². The minimum atomic E-state index is -0.0595. The van der Waals surface area contributed by atoms with Crippen LogP contribution in [0, 0.1) is 25.2 Å². The van der Waals surface area contributed by atoms with Gasteiger partial charge >= 0.3 is 0 Å². The number of thioether (sulfide) groups is 1. The third-order valence-corrected chi connectivity index (χ3v) is 6.34. The number of aromatic nitrogens is 2. The average Bonchev–Trinajstić information content (AvgIpc) is 3.18. The molecule has 0 saturated carbocycles. The first-order valence-electron chi connectivity index (χ1n) is 9.10. The Morgan fingerprint density at radius 2 is 1.97 bits per heavy atom. The minimum absolute atomic E-state index is 0.0595. The van der Waals surface area contributed by atoms with Gasteiger partial charge in [-0.05, 0) is 43.2 Å². The average molecular weight is 424 g/mol. The van der Waals surface area contributed by atoms with Crippen molar-refractivity contribution in [3.05, 3.63) is 59.7 Å². The molecule has 0 saturated heterocycles. The highest BCUT2D eigenvalue weighted by Crippen LogP contribution is 2.30. The molecular weight excluding hydrogens is 402 g/mol. The number of aryl methyl sites for hydroxylation is 1. The zero-order valence-electron chi connectivity index (χ0n) is 16.3. The van der Waals surface area contributed by atoms with E-state index in [1.807, 2.05) is 42.5 Å². The number of anilines is 3. The van der Waals surface area contributed by atoms with Gasteiger partial charge in [-0.2, -0.15) is 5.26 Å². The van der Waals surface area contributed by atoms with E-state index in [-0.39, 0.29) is 18.1 Å². The van der Waals surface area contributed by atoms with E-state index in [1.165, 1.54) is 34.2 Å². The molecule has 3 aromatic rings. The predicted octanol–water partition coefficient (Wildman–Crippen LogP) is 4.94. The molecule has 0 aliphatic carbocycles. The highest BCUT2D eigenvalue weighted by Gasteiger charge is 2.17. The van der Waals surface area contributed by atoms with Gasteiger partial charge in [-0.1, -0.05) is 53.4 Å². The summed E-state index contributed by atoms with van der Waals surface area (Å²) in [4.78, 5) is 14.4. The summed E-state index contributed by atoms with van der Waals surface area (Å²) in [6.07, 6.45) is 0.286. The molecule has 2 aromatic carbocycles. The summed E-state index contributed by atoms with van der Waals surface area (Å²) in [6, 6.07) is 17.6. The van der Waals surface area contributed by atoms with E-state index in [1.54, 1.807) is 4.90 Å². The maximum absolute atomic E-state index is 12.7. The molecule has 0 spiro atoms. The fourth-order valence-electron chi connectivity index (χ4n) is 2.69. The van der Waals surface area contributed by atoms with E-state index in [4.69, 9.17) is 5.26 Å². The number of hydrogen-bond acceptors (Lipinski definition) is 7. The molecule has 0 radical (unpaired) electrons. The van der Waals surface area contributed by atoms with Crippen molar-refractivity contribution < 1.29 is 4.79 Å². The lowest BCUT2D eigenvalue weighted by Crippen LogP contribution is -2.33. The first-order valence-corrected chi connectivity index (χ1v) is 10.9. The predicted molar refractivity (Wildman–Crippen MR) is 119 cm³/mol. The number of nitrogens with one attached hydrogen (secondary N) is 1. The number of carbonyl (C=O) groups is 1. The monoisotopic (exact) mass is 423 g/mol. The fourth-order valence-corrected chi connectivity index (χ4v) is 4.33. The summed E-state index contributed by atoms with van der Waals surface area (Å²) in [7, 11) is 0. The van der Waals surface area contributed by atoms with Crippen LogP contribution in [0.3, 0.4) is 0 Å². The molecule has 6 nitrogen and oxygen atoms in total. The first kappa shape index (κ1) is 20.8. The molecule has 0 fully saturated rings. The van der Waals surface area contributed by atoms with E-state index in [0.717, 1.165) is 15.7 Å². The minimum Gasteiger partial charge on any atom is -0.330 e. The van der Waals surface area contributed by atoms with Gasteiger partial charge in [-0.3, -0.25) is 4.79 Å². The van der Waals surface area contributed by atoms with Crippen LogP contribution in [0.2, 0.25) is 0 Å². The molecule has 0 aliphatic rings. The van der Waals surface area contributed by atoms with Crippen molar-refractivity contribution in [3.63, 3.8) is 0 Å². The molecule has 29 heavy (non-hydrogen) atoms. The van der Waals surface area contributed by atoms with Crippen LogP contribution in [0.4, 0.5) is 16.5 Å². The van der Waals surface area contributed by atoms with Crippen molar-refractivity contribution in [1.82, 2.24) is 10.2 Å². The van der Waals surface area contributed by atoms with Crippen LogP contribution in [-0.2, 0) is 4.79 Å². The number of amides is 1. The number of nitrogens with zero attached hydrogens (tertiary/aromatic N) is 4. The van der Waals surface area contributed by atoms with Crippen LogP contribution in [0.15, 0.2) is 52.9 Å². The van der Waals surface area contributed by atoms with Gasteiger partial charge in [-0.25, -0.2) is 0 Å². The van der Waals surface area contributed by atoms with Gasteiger partial charge in [0.2, 0.25) is 11.0 Å². The Kier molecular flexibility index (Phi) is 7.22. The van der Waals surface area contributed by atoms with Gasteiger partial charge in [0.15, 0.2) is 4.34 Å². The SMILES string of the molecule is Cc1cccc(Nc2nnc(SCC(=O)N(CCC#N)c3ccccc3)s2)c1C. The normalized spacial score (nSPS) is 10.4. The summed E-state index contributed by atoms with van der Waals surface area (Å²) in [6.45, 7) is 4.50. The first-order chi connectivity index (χ1) is 14.1. The standard InChI is InChI=1S/C21H21N5OS2/c1-15-8-6-11-18(16(15)2)23-20-24-25-21(29-20)28-14-19(27)26(13-7-12-22)17-9-4-3-5-10-17/h3-6,8-11H,7,13-14H2,1-2H3,(H,23,24). The van der Waals surface area contributed by atoms with Crippen LogP contribution >= 0.6 is 23.1 Å². The molecule has 148 valence electrons. The Labute approximate surface area is 178 Å². The second-order valence-electron chi connectivity index (χ2n) is 6.32. The second-order valence-corrected chi connectivity index (χ2v) is 8.52. The Hall–Kier alpha value is -2.89. The summed E-state index contributed by atoms with van der Waals surface area (Å²) < 4.78 is 0.722. The molecule has 1 amide bonds. The van der Waals surface area contributed by atoms with Gasteiger partial charge in [-0.15, -0.1) is 10.2 Å². The second kappa shape index (κ2) is 10.0. The lowest BCUT2D eigenvalue weighted by Gasteiger charge is -2.21. The largest absolute Gasteiger partial charge is 0.330 e. The molecule has 0 unspecified atom stereocenters. The zero-order valence-corrected chi connectivity index (χ0v) is 17.9. The van der Waals surface area contributed by atoms with E-state index in [9.17, 15) is 4.79 Å². The molecule has 0 atom stereocenters. The van der Waals surface area contributed by atoms with Gasteiger partial charge in [0.25, 0.3) is 0 Å². The third kappa shape index (κ3) is 5.56. The highest BCUT2D eigenvalue weighted by atomic mass is 32.2. The topological polar surface area (TPSA) is 81.9 Å². The summed E-state index contributed by atoms with van der Waals surface area (Å²) in [5.41, 5.74) is 4.17. The Morgan fingerprint density at radius 1 is 1.17 bits per heavy atom. The summed E-state index contributed by atoms with van der Waals surface area (Å²) in [5, 5.41) is 21.2. The Bertz CT molecular complexity index is 1010. The molecule has 1 N–H and O–H groups in total. The number of carbonyl (C=O) groups excluding carboxylic acids is 1. The van der Waals surface area contributed by atoms with Crippen LogP contribution in [-0.4, -0.2) is 28.4 Å². The molecule has 0 bridgehead atoms. The quantitative estimate of drug-likeness (QED) is 0.517. The highest BCUT2D eigenvalue weighted by molar-refractivity contribution is 8.01. The zero-order chi connectivity index (χ0) is 20.6. The summed E-state index contributed by atoms with van der Waals surface area (Å²) >= 11 is 2.77. The molecule has 1 aromatic heterocycles.